The Hall–Kier alpha value is -4.14. The van der Waals surface area contributed by atoms with Gasteiger partial charge in [0, 0.05) is 55.4 Å². The summed E-state index contributed by atoms with van der Waals surface area (Å²) < 4.78 is 1.51. The van der Waals surface area contributed by atoms with E-state index >= 15 is 0 Å². The van der Waals surface area contributed by atoms with Crippen LogP contribution in [0.3, 0.4) is 0 Å². The third-order valence-electron chi connectivity index (χ3n) is 4.03. The summed E-state index contributed by atoms with van der Waals surface area (Å²) in [7, 11) is 0. The van der Waals surface area contributed by atoms with Crippen molar-refractivity contribution in [3.05, 3.63) is 89.1 Å². The molecule has 9 heteroatoms. The Morgan fingerprint density at radius 3 is 2.71 bits per heavy atom. The van der Waals surface area contributed by atoms with Crippen molar-refractivity contribution in [1.82, 2.24) is 35.0 Å². The number of carbonyl (C=O) groups excluding carboxylic acids is 1. The molecule has 138 valence electrons. The fourth-order valence-electron chi connectivity index (χ4n) is 2.59. The van der Waals surface area contributed by atoms with Crippen LogP contribution < -0.4 is 10.7 Å². The van der Waals surface area contributed by atoms with Gasteiger partial charge in [-0.3, -0.25) is 14.6 Å². The number of H-pyrrole nitrogens is 1. The van der Waals surface area contributed by atoms with Crippen molar-refractivity contribution in [3.8, 4) is 17.1 Å². The highest BCUT2D eigenvalue weighted by Gasteiger charge is 2.11. The van der Waals surface area contributed by atoms with Crippen molar-refractivity contribution >= 4 is 5.91 Å². The van der Waals surface area contributed by atoms with Crippen molar-refractivity contribution in [1.29, 1.82) is 0 Å². The molecule has 2 N–H and O–H groups in total. The van der Waals surface area contributed by atoms with E-state index in [9.17, 15) is 9.59 Å². The lowest BCUT2D eigenvalue weighted by molar-refractivity contribution is 0.0949. The van der Waals surface area contributed by atoms with E-state index in [4.69, 9.17) is 0 Å². The van der Waals surface area contributed by atoms with E-state index in [1.165, 1.54) is 23.3 Å². The first-order valence-corrected chi connectivity index (χ1v) is 8.42. The topological polar surface area (TPSA) is 118 Å². The SMILES string of the molecule is O=C(NCc1ccc(-c2cncnc2)nc1)c1c[nH]c(-n2cccn2)cc1=O. The van der Waals surface area contributed by atoms with Crippen LogP contribution in [0, 0.1) is 0 Å². The van der Waals surface area contributed by atoms with Crippen molar-refractivity contribution in [2.75, 3.05) is 0 Å². The number of hydrogen-bond acceptors (Lipinski definition) is 6. The van der Waals surface area contributed by atoms with Gasteiger partial charge in [0.1, 0.15) is 17.7 Å². The van der Waals surface area contributed by atoms with Crippen LogP contribution in [0.25, 0.3) is 17.1 Å². The van der Waals surface area contributed by atoms with Crippen molar-refractivity contribution in [2.45, 2.75) is 6.54 Å². The summed E-state index contributed by atoms with van der Waals surface area (Å²) in [6, 6.07) is 6.75. The molecule has 9 nitrogen and oxygen atoms in total. The second kappa shape index (κ2) is 7.62. The minimum absolute atomic E-state index is 0.0296. The van der Waals surface area contributed by atoms with Gasteiger partial charge >= 0.3 is 0 Å². The van der Waals surface area contributed by atoms with Crippen LogP contribution in [0.2, 0.25) is 0 Å². The molecule has 4 heterocycles. The lowest BCUT2D eigenvalue weighted by Gasteiger charge is -2.07. The summed E-state index contributed by atoms with van der Waals surface area (Å²) in [5.41, 5.74) is 1.99. The van der Waals surface area contributed by atoms with Crippen LogP contribution in [0.1, 0.15) is 15.9 Å². The minimum Gasteiger partial charge on any atom is -0.348 e. The zero-order valence-electron chi connectivity index (χ0n) is 14.6. The average Bonchev–Trinajstić information content (AvgIpc) is 3.28. The molecule has 0 spiro atoms. The van der Waals surface area contributed by atoms with Gasteiger partial charge in [0.15, 0.2) is 5.43 Å². The molecule has 0 atom stereocenters. The molecule has 0 saturated heterocycles. The predicted octanol–water partition coefficient (Wildman–Crippen LogP) is 1.34. The number of nitrogens with one attached hydrogen (secondary N) is 2. The van der Waals surface area contributed by atoms with Crippen LogP contribution in [0.4, 0.5) is 0 Å². The molecule has 4 aromatic heterocycles. The highest BCUT2D eigenvalue weighted by molar-refractivity contribution is 5.93. The van der Waals surface area contributed by atoms with Gasteiger partial charge in [0.2, 0.25) is 0 Å². The minimum atomic E-state index is -0.464. The number of nitrogens with zero attached hydrogens (tertiary/aromatic N) is 5. The van der Waals surface area contributed by atoms with Gasteiger partial charge in [0.25, 0.3) is 5.91 Å². The fraction of sp³-hybridized carbons (Fsp3) is 0.0526. The zero-order chi connectivity index (χ0) is 19.3. The molecule has 0 aromatic carbocycles. The first-order valence-electron chi connectivity index (χ1n) is 8.42. The Morgan fingerprint density at radius 2 is 2.04 bits per heavy atom. The monoisotopic (exact) mass is 373 g/mol. The average molecular weight is 373 g/mol. The Kier molecular flexibility index (Phi) is 4.70. The maximum atomic E-state index is 12.3. The quantitative estimate of drug-likeness (QED) is 0.545. The summed E-state index contributed by atoms with van der Waals surface area (Å²) in [5.74, 6) is 0.0185. The van der Waals surface area contributed by atoms with Gasteiger partial charge in [-0.2, -0.15) is 5.10 Å². The van der Waals surface area contributed by atoms with Crippen LogP contribution in [-0.2, 0) is 6.54 Å². The predicted molar refractivity (Wildman–Crippen MR) is 101 cm³/mol. The number of aromatic nitrogens is 6. The fourth-order valence-corrected chi connectivity index (χ4v) is 2.59. The smallest absolute Gasteiger partial charge is 0.257 e. The molecular formula is C19H15N7O2. The Labute approximate surface area is 159 Å². The van der Waals surface area contributed by atoms with E-state index in [-0.39, 0.29) is 17.5 Å². The Bertz CT molecular complexity index is 1140. The number of hydrogen-bond donors (Lipinski definition) is 2. The third kappa shape index (κ3) is 3.68. The number of amides is 1. The van der Waals surface area contributed by atoms with E-state index in [1.807, 2.05) is 12.1 Å². The van der Waals surface area contributed by atoms with E-state index in [2.05, 4.69) is 30.4 Å². The highest BCUT2D eigenvalue weighted by Crippen LogP contribution is 2.14. The maximum absolute atomic E-state index is 12.3. The molecule has 0 saturated carbocycles. The van der Waals surface area contributed by atoms with E-state index in [0.717, 1.165) is 16.8 Å². The first-order chi connectivity index (χ1) is 13.7. The normalized spacial score (nSPS) is 10.6. The summed E-state index contributed by atoms with van der Waals surface area (Å²) in [6.07, 6.45) is 11.1. The molecule has 0 bridgehead atoms. The second-order valence-electron chi connectivity index (χ2n) is 5.91. The summed E-state index contributed by atoms with van der Waals surface area (Å²) in [5, 5.41) is 6.76. The second-order valence-corrected chi connectivity index (χ2v) is 5.91. The molecule has 1 amide bonds. The summed E-state index contributed by atoms with van der Waals surface area (Å²) >= 11 is 0. The van der Waals surface area contributed by atoms with Crippen molar-refractivity contribution in [2.24, 2.45) is 0 Å². The summed E-state index contributed by atoms with van der Waals surface area (Å²) in [4.78, 5) is 39.7. The number of rotatable bonds is 5. The zero-order valence-corrected chi connectivity index (χ0v) is 14.6. The van der Waals surface area contributed by atoms with Crippen molar-refractivity contribution < 1.29 is 4.79 Å². The lowest BCUT2D eigenvalue weighted by Crippen LogP contribution is -2.28. The van der Waals surface area contributed by atoms with Crippen molar-refractivity contribution in [3.63, 3.8) is 0 Å². The van der Waals surface area contributed by atoms with Gasteiger partial charge in [-0.05, 0) is 17.7 Å². The third-order valence-corrected chi connectivity index (χ3v) is 4.03. The molecule has 28 heavy (non-hydrogen) atoms. The van der Waals surface area contributed by atoms with E-state index < -0.39 is 5.91 Å². The standard InChI is InChI=1S/C19H15N7O2/c27-17-6-18(26-5-1-4-25-26)23-11-15(17)19(28)24-8-13-2-3-16(22-7-13)14-9-20-12-21-10-14/h1-7,9-12H,8H2,(H,23,27)(H,24,28). The van der Waals surface area contributed by atoms with E-state index in [1.54, 1.807) is 37.1 Å². The maximum Gasteiger partial charge on any atom is 0.257 e. The molecule has 0 aliphatic heterocycles. The first kappa shape index (κ1) is 17.3. The highest BCUT2D eigenvalue weighted by atomic mass is 16.2. The van der Waals surface area contributed by atoms with E-state index in [0.29, 0.717) is 5.82 Å². The molecule has 4 rings (SSSR count). The number of aromatic amines is 1. The molecule has 0 unspecified atom stereocenters. The van der Waals surface area contributed by atoms with Gasteiger partial charge in [-0.15, -0.1) is 0 Å². The van der Waals surface area contributed by atoms with Crippen LogP contribution in [-0.4, -0.2) is 35.6 Å². The Morgan fingerprint density at radius 1 is 1.18 bits per heavy atom. The van der Waals surface area contributed by atoms with Crippen LogP contribution in [0.15, 0.2) is 72.6 Å². The van der Waals surface area contributed by atoms with Gasteiger partial charge < -0.3 is 10.3 Å². The molecule has 4 aromatic rings. The Balaban J connectivity index is 1.42. The summed E-state index contributed by atoms with van der Waals surface area (Å²) in [6.45, 7) is 0.248. The lowest BCUT2D eigenvalue weighted by atomic mass is 10.2. The van der Waals surface area contributed by atoms with Gasteiger partial charge in [-0.1, -0.05) is 6.07 Å². The molecule has 0 aliphatic carbocycles. The van der Waals surface area contributed by atoms with Crippen LogP contribution >= 0.6 is 0 Å². The largest absolute Gasteiger partial charge is 0.348 e. The van der Waals surface area contributed by atoms with Gasteiger partial charge in [-0.25, -0.2) is 14.6 Å². The van der Waals surface area contributed by atoms with Crippen LogP contribution in [0.5, 0.6) is 0 Å². The molecular weight excluding hydrogens is 358 g/mol. The molecule has 0 aliphatic rings. The molecule has 0 radical (unpaired) electrons. The van der Waals surface area contributed by atoms with Gasteiger partial charge in [0.05, 0.1) is 5.69 Å². The molecule has 0 fully saturated rings. The number of pyridine rings is 2. The number of carbonyl (C=O) groups is 1.